The van der Waals surface area contributed by atoms with E-state index in [0.717, 1.165) is 11.6 Å². The van der Waals surface area contributed by atoms with Crippen molar-refractivity contribution in [2.45, 2.75) is 11.6 Å². The Morgan fingerprint density at radius 2 is 2.75 bits per heavy atom. The highest BCUT2D eigenvalue weighted by atomic mass is 32.2. The molecule has 0 radical (unpaired) electrons. The Kier molecular flexibility index (Phi) is 0.842. The Morgan fingerprint density at radius 1 is 1.75 bits per heavy atom. The number of hydrogen-bond acceptors (Lipinski definition) is 2. The lowest BCUT2D eigenvalue weighted by Gasteiger charge is -1.86. The van der Waals surface area contributed by atoms with Gasteiger partial charge >= 0.3 is 0 Å². The molecule has 0 fully saturated rings. The van der Waals surface area contributed by atoms with Crippen LogP contribution >= 0.6 is 11.8 Å². The zero-order valence-corrected chi connectivity index (χ0v) is 5.19. The van der Waals surface area contributed by atoms with Gasteiger partial charge in [0.2, 0.25) is 0 Å². The lowest BCUT2D eigenvalue weighted by atomic mass is 10.5. The third-order valence-electron chi connectivity index (χ3n) is 1.27. The first-order chi connectivity index (χ1) is 3.97. The van der Waals surface area contributed by atoms with E-state index in [1.807, 2.05) is 22.6 Å². The topological polar surface area (TPSA) is 17.8 Å². The molecule has 1 aliphatic rings. The van der Waals surface area contributed by atoms with Crippen molar-refractivity contribution in [3.8, 4) is 0 Å². The van der Waals surface area contributed by atoms with E-state index in [-0.39, 0.29) is 0 Å². The van der Waals surface area contributed by atoms with Crippen LogP contribution in [0.1, 0.15) is 5.69 Å². The van der Waals surface area contributed by atoms with Crippen LogP contribution in [-0.4, -0.2) is 9.78 Å². The van der Waals surface area contributed by atoms with Gasteiger partial charge in [0.05, 0.1) is 5.88 Å². The zero-order valence-electron chi connectivity index (χ0n) is 4.37. The minimum Gasteiger partial charge on any atom is -0.259 e. The molecule has 42 valence electrons. The summed E-state index contributed by atoms with van der Waals surface area (Å²) in [6.07, 6.45) is 1.86. The van der Waals surface area contributed by atoms with Crippen LogP contribution in [0.3, 0.4) is 0 Å². The maximum absolute atomic E-state index is 4.09. The Hall–Kier alpha value is -0.440. The molecular weight excluding hydrogens is 120 g/mol. The van der Waals surface area contributed by atoms with E-state index in [9.17, 15) is 0 Å². The van der Waals surface area contributed by atoms with Crippen molar-refractivity contribution in [1.82, 2.24) is 9.78 Å². The molecule has 0 N–H and O–H groups in total. The molecule has 2 rings (SSSR count). The number of rotatable bonds is 0. The molecule has 1 aliphatic heterocycles. The maximum atomic E-state index is 4.09. The minimum absolute atomic E-state index is 1.04. The van der Waals surface area contributed by atoms with Gasteiger partial charge < -0.3 is 0 Å². The van der Waals surface area contributed by atoms with E-state index < -0.39 is 0 Å². The molecule has 3 heteroatoms. The normalized spacial score (nSPS) is 16.5. The maximum Gasteiger partial charge on any atom is 0.0870 e. The molecule has 0 saturated carbocycles. The Morgan fingerprint density at radius 3 is 3.62 bits per heavy atom. The summed E-state index contributed by atoms with van der Waals surface area (Å²) in [5.41, 5.74) is 1.36. The number of aromatic nitrogens is 2. The molecule has 2 nitrogen and oxygen atoms in total. The lowest BCUT2D eigenvalue weighted by molar-refractivity contribution is 0.743. The Labute approximate surface area is 51.9 Å². The quantitative estimate of drug-likeness (QED) is 0.518. The minimum atomic E-state index is 1.04. The molecule has 2 heterocycles. The third kappa shape index (κ3) is 0.478. The number of hydrogen-bond donors (Lipinski definition) is 0. The van der Waals surface area contributed by atoms with Gasteiger partial charge in [-0.2, -0.15) is 5.10 Å². The van der Waals surface area contributed by atoms with Gasteiger partial charge in [0.1, 0.15) is 0 Å². The number of fused-ring (bicyclic) bond motifs is 1. The monoisotopic (exact) mass is 126 g/mol. The number of nitrogens with zero attached hydrogens (tertiary/aromatic N) is 2. The van der Waals surface area contributed by atoms with Crippen LogP contribution in [0.4, 0.5) is 0 Å². The van der Waals surface area contributed by atoms with Gasteiger partial charge in [-0.3, -0.25) is 4.68 Å². The molecule has 0 atom stereocenters. The van der Waals surface area contributed by atoms with Gasteiger partial charge in [0.25, 0.3) is 0 Å². The predicted molar refractivity (Wildman–Crippen MR) is 33.5 cm³/mol. The average molecular weight is 126 g/mol. The van der Waals surface area contributed by atoms with E-state index in [0.29, 0.717) is 0 Å². The molecule has 0 saturated heterocycles. The molecule has 0 amide bonds. The molecule has 0 aromatic carbocycles. The zero-order chi connectivity index (χ0) is 5.40. The first-order valence-electron chi connectivity index (χ1n) is 2.55. The Bertz CT molecular complexity index is 176. The van der Waals surface area contributed by atoms with E-state index >= 15 is 0 Å². The molecule has 0 bridgehead atoms. The van der Waals surface area contributed by atoms with Crippen LogP contribution in [0.25, 0.3) is 0 Å². The summed E-state index contributed by atoms with van der Waals surface area (Å²) in [6, 6.07) is 2.07. The van der Waals surface area contributed by atoms with Crippen LogP contribution in [0.15, 0.2) is 12.3 Å². The fraction of sp³-hybridized carbons (Fsp3) is 0.400. The molecule has 0 unspecified atom stereocenters. The molecule has 0 aliphatic carbocycles. The smallest absolute Gasteiger partial charge is 0.0870 e. The first kappa shape index (κ1) is 4.44. The van der Waals surface area contributed by atoms with Crippen LogP contribution in [0.2, 0.25) is 0 Å². The van der Waals surface area contributed by atoms with Gasteiger partial charge in [0, 0.05) is 17.6 Å². The van der Waals surface area contributed by atoms with Crippen molar-refractivity contribution in [1.29, 1.82) is 0 Å². The van der Waals surface area contributed by atoms with E-state index in [1.54, 1.807) is 0 Å². The molecule has 8 heavy (non-hydrogen) atoms. The summed E-state index contributed by atoms with van der Waals surface area (Å²) in [7, 11) is 0. The van der Waals surface area contributed by atoms with Gasteiger partial charge in [-0.15, -0.1) is 11.8 Å². The summed E-state index contributed by atoms with van der Waals surface area (Å²) in [4.78, 5) is 0. The highest BCUT2D eigenvalue weighted by Gasteiger charge is 2.08. The molecule has 1 aromatic heterocycles. The van der Waals surface area contributed by atoms with Crippen molar-refractivity contribution in [2.75, 3.05) is 0 Å². The predicted octanol–water partition coefficient (Wildman–Crippen LogP) is 1.09. The van der Waals surface area contributed by atoms with Crippen LogP contribution in [0, 0.1) is 0 Å². The highest BCUT2D eigenvalue weighted by molar-refractivity contribution is 7.97. The van der Waals surface area contributed by atoms with Gasteiger partial charge in [-0.05, 0) is 6.07 Å². The fourth-order valence-electron chi connectivity index (χ4n) is 0.836. The highest BCUT2D eigenvalue weighted by Crippen LogP contribution is 2.21. The first-order valence-corrected chi connectivity index (χ1v) is 3.71. The van der Waals surface area contributed by atoms with Crippen LogP contribution in [-0.2, 0) is 11.6 Å². The van der Waals surface area contributed by atoms with Crippen molar-refractivity contribution in [3.63, 3.8) is 0 Å². The van der Waals surface area contributed by atoms with Crippen LogP contribution < -0.4 is 0 Å². The van der Waals surface area contributed by atoms with Crippen molar-refractivity contribution in [3.05, 3.63) is 18.0 Å². The van der Waals surface area contributed by atoms with E-state index in [2.05, 4.69) is 11.2 Å². The second-order valence-corrected chi connectivity index (χ2v) is 2.75. The largest absolute Gasteiger partial charge is 0.259 e. The van der Waals surface area contributed by atoms with Gasteiger partial charge in [0.15, 0.2) is 0 Å². The van der Waals surface area contributed by atoms with Gasteiger partial charge in [-0.1, -0.05) is 0 Å². The summed E-state index contributed by atoms with van der Waals surface area (Å²) in [5.74, 6) is 2.18. The van der Waals surface area contributed by atoms with Gasteiger partial charge in [-0.25, -0.2) is 0 Å². The summed E-state index contributed by atoms with van der Waals surface area (Å²) < 4.78 is 2.03. The Balaban J connectivity index is 2.54. The third-order valence-corrected chi connectivity index (χ3v) is 2.20. The average Bonchev–Trinajstić information content (AvgIpc) is 2.15. The molecular formula is C5H6N2S. The van der Waals surface area contributed by atoms with Crippen LogP contribution in [0.5, 0.6) is 0 Å². The lowest BCUT2D eigenvalue weighted by Crippen LogP contribution is -1.91. The second-order valence-electron chi connectivity index (χ2n) is 1.80. The molecule has 1 aromatic rings. The van der Waals surface area contributed by atoms with E-state index in [1.165, 1.54) is 5.69 Å². The van der Waals surface area contributed by atoms with E-state index in [4.69, 9.17) is 0 Å². The summed E-state index contributed by atoms with van der Waals surface area (Å²) in [5, 5.41) is 4.09. The summed E-state index contributed by atoms with van der Waals surface area (Å²) >= 11 is 1.91. The SMILES string of the molecule is c1cc2n(n1)CSC2. The second kappa shape index (κ2) is 1.52. The van der Waals surface area contributed by atoms with Crippen molar-refractivity contribution >= 4 is 11.8 Å². The van der Waals surface area contributed by atoms with Crippen molar-refractivity contribution < 1.29 is 0 Å². The fourth-order valence-corrected chi connectivity index (χ4v) is 1.79. The standard InChI is InChI=1S/C5H6N2S/c1-2-6-7-4-8-3-5(1)7/h1-2H,3-4H2. The molecule has 0 spiro atoms. The number of thioether (sulfide) groups is 1. The summed E-state index contributed by atoms with van der Waals surface area (Å²) in [6.45, 7) is 0. The van der Waals surface area contributed by atoms with Crippen molar-refractivity contribution in [2.24, 2.45) is 0 Å².